The van der Waals surface area contributed by atoms with E-state index in [1.807, 2.05) is 4.90 Å². The molecular weight excluding hydrogens is 250 g/mol. The van der Waals surface area contributed by atoms with Crippen molar-refractivity contribution in [3.63, 3.8) is 0 Å². The minimum Gasteiger partial charge on any atom is -0.398 e. The predicted octanol–water partition coefficient (Wildman–Crippen LogP) is 3.33. The SMILES string of the molecule is Nc1ccc(NC(=O)N2CCCCCC2)cc1Cl. The van der Waals surface area contributed by atoms with Gasteiger partial charge in [0.15, 0.2) is 0 Å². The van der Waals surface area contributed by atoms with Gasteiger partial charge in [-0.2, -0.15) is 0 Å². The number of anilines is 2. The quantitative estimate of drug-likeness (QED) is 0.767. The van der Waals surface area contributed by atoms with Crippen LogP contribution in [0.5, 0.6) is 0 Å². The van der Waals surface area contributed by atoms with Crippen molar-refractivity contribution >= 4 is 29.0 Å². The predicted molar refractivity (Wildman–Crippen MR) is 74.9 cm³/mol. The second-order valence-corrected chi connectivity index (χ2v) is 4.97. The van der Waals surface area contributed by atoms with Crippen LogP contribution in [0.1, 0.15) is 25.7 Å². The number of benzene rings is 1. The number of urea groups is 1. The molecule has 1 aliphatic rings. The average molecular weight is 268 g/mol. The molecule has 1 aromatic rings. The number of halogens is 1. The summed E-state index contributed by atoms with van der Waals surface area (Å²) in [7, 11) is 0. The summed E-state index contributed by atoms with van der Waals surface area (Å²) >= 11 is 5.92. The van der Waals surface area contributed by atoms with Crippen molar-refractivity contribution in [2.45, 2.75) is 25.7 Å². The van der Waals surface area contributed by atoms with Gasteiger partial charge < -0.3 is 16.0 Å². The second kappa shape index (κ2) is 5.96. The van der Waals surface area contributed by atoms with E-state index in [4.69, 9.17) is 17.3 Å². The lowest BCUT2D eigenvalue weighted by Gasteiger charge is -2.20. The third kappa shape index (κ3) is 3.29. The van der Waals surface area contributed by atoms with Gasteiger partial charge in [-0.15, -0.1) is 0 Å². The maximum absolute atomic E-state index is 12.1. The van der Waals surface area contributed by atoms with E-state index in [1.165, 1.54) is 12.8 Å². The van der Waals surface area contributed by atoms with E-state index in [1.54, 1.807) is 18.2 Å². The maximum Gasteiger partial charge on any atom is 0.321 e. The molecule has 1 fully saturated rings. The standard InChI is InChI=1S/C13H18ClN3O/c14-11-9-10(5-6-12(11)15)16-13(18)17-7-3-1-2-4-8-17/h5-6,9H,1-4,7-8,15H2,(H,16,18). The molecule has 4 nitrogen and oxygen atoms in total. The van der Waals surface area contributed by atoms with Gasteiger partial charge in [0, 0.05) is 18.8 Å². The fraction of sp³-hybridized carbons (Fsp3) is 0.462. The first-order chi connectivity index (χ1) is 8.66. The Kier molecular flexibility index (Phi) is 4.31. The van der Waals surface area contributed by atoms with Crippen LogP contribution in [-0.4, -0.2) is 24.0 Å². The summed E-state index contributed by atoms with van der Waals surface area (Å²) in [5.74, 6) is 0. The topological polar surface area (TPSA) is 58.4 Å². The van der Waals surface area contributed by atoms with E-state index in [2.05, 4.69) is 5.32 Å². The normalized spacial score (nSPS) is 16.2. The maximum atomic E-state index is 12.1. The Morgan fingerprint density at radius 1 is 1.22 bits per heavy atom. The van der Waals surface area contributed by atoms with Crippen molar-refractivity contribution in [1.82, 2.24) is 4.90 Å². The number of nitrogens with zero attached hydrogens (tertiary/aromatic N) is 1. The summed E-state index contributed by atoms with van der Waals surface area (Å²) in [6, 6.07) is 5.07. The molecule has 18 heavy (non-hydrogen) atoms. The number of carbonyl (C=O) groups excluding carboxylic acids is 1. The van der Waals surface area contributed by atoms with Crippen molar-refractivity contribution in [3.8, 4) is 0 Å². The number of likely N-dealkylation sites (tertiary alicyclic amines) is 1. The van der Waals surface area contributed by atoms with Crippen molar-refractivity contribution in [1.29, 1.82) is 0 Å². The Balaban J connectivity index is 1.99. The molecular formula is C13H18ClN3O. The largest absolute Gasteiger partial charge is 0.398 e. The molecule has 0 aromatic heterocycles. The Bertz CT molecular complexity index is 428. The third-order valence-electron chi connectivity index (χ3n) is 3.14. The van der Waals surface area contributed by atoms with E-state index in [-0.39, 0.29) is 6.03 Å². The second-order valence-electron chi connectivity index (χ2n) is 4.57. The fourth-order valence-corrected chi connectivity index (χ4v) is 2.26. The van der Waals surface area contributed by atoms with Gasteiger partial charge in [0.2, 0.25) is 0 Å². The minimum absolute atomic E-state index is 0.0576. The molecule has 0 radical (unpaired) electrons. The third-order valence-corrected chi connectivity index (χ3v) is 3.47. The van der Waals surface area contributed by atoms with Gasteiger partial charge in [0.1, 0.15) is 0 Å². The molecule has 1 aromatic carbocycles. The van der Waals surface area contributed by atoms with E-state index >= 15 is 0 Å². The molecule has 1 heterocycles. The Morgan fingerprint density at radius 2 is 1.89 bits per heavy atom. The van der Waals surface area contributed by atoms with Gasteiger partial charge in [0.25, 0.3) is 0 Å². The zero-order valence-corrected chi connectivity index (χ0v) is 11.0. The lowest BCUT2D eigenvalue weighted by atomic mass is 10.2. The number of nitrogens with two attached hydrogens (primary N) is 1. The molecule has 2 amide bonds. The molecule has 0 bridgehead atoms. The van der Waals surface area contributed by atoms with E-state index in [0.717, 1.165) is 25.9 Å². The van der Waals surface area contributed by atoms with E-state index in [9.17, 15) is 4.79 Å². The van der Waals surface area contributed by atoms with Gasteiger partial charge in [-0.3, -0.25) is 0 Å². The van der Waals surface area contributed by atoms with Crippen molar-refractivity contribution in [2.75, 3.05) is 24.1 Å². The first-order valence-corrected chi connectivity index (χ1v) is 6.65. The van der Waals surface area contributed by atoms with Crippen LogP contribution in [0.4, 0.5) is 16.2 Å². The van der Waals surface area contributed by atoms with Gasteiger partial charge in [-0.25, -0.2) is 4.79 Å². The molecule has 98 valence electrons. The molecule has 5 heteroatoms. The van der Waals surface area contributed by atoms with Crippen LogP contribution in [-0.2, 0) is 0 Å². The van der Waals surface area contributed by atoms with Gasteiger partial charge in [0.05, 0.1) is 10.7 Å². The van der Waals surface area contributed by atoms with Gasteiger partial charge in [-0.1, -0.05) is 24.4 Å². The zero-order chi connectivity index (χ0) is 13.0. The number of hydrogen-bond acceptors (Lipinski definition) is 2. The van der Waals surface area contributed by atoms with Crippen LogP contribution in [0.2, 0.25) is 5.02 Å². The highest BCUT2D eigenvalue weighted by molar-refractivity contribution is 6.33. The smallest absolute Gasteiger partial charge is 0.321 e. The first-order valence-electron chi connectivity index (χ1n) is 6.28. The molecule has 2 rings (SSSR count). The number of rotatable bonds is 1. The number of nitrogen functional groups attached to an aromatic ring is 1. The number of hydrogen-bond donors (Lipinski definition) is 2. The minimum atomic E-state index is -0.0576. The van der Waals surface area contributed by atoms with Crippen LogP contribution in [0.25, 0.3) is 0 Å². The summed E-state index contributed by atoms with van der Waals surface area (Å²) in [5, 5.41) is 3.32. The van der Waals surface area contributed by atoms with Gasteiger partial charge >= 0.3 is 6.03 Å². The van der Waals surface area contributed by atoms with Crippen LogP contribution >= 0.6 is 11.6 Å². The van der Waals surface area contributed by atoms with Crippen LogP contribution in [0, 0.1) is 0 Å². The number of amides is 2. The monoisotopic (exact) mass is 267 g/mol. The molecule has 0 aliphatic carbocycles. The Hall–Kier alpha value is -1.42. The Labute approximate surface area is 112 Å². The zero-order valence-electron chi connectivity index (χ0n) is 10.3. The molecule has 0 spiro atoms. The van der Waals surface area contributed by atoms with Crippen LogP contribution in [0.3, 0.4) is 0 Å². The molecule has 0 saturated carbocycles. The van der Waals surface area contributed by atoms with Crippen molar-refractivity contribution < 1.29 is 4.79 Å². The van der Waals surface area contributed by atoms with E-state index < -0.39 is 0 Å². The van der Waals surface area contributed by atoms with Gasteiger partial charge in [-0.05, 0) is 31.0 Å². The molecule has 0 unspecified atom stereocenters. The summed E-state index contributed by atoms with van der Waals surface area (Å²) in [6.07, 6.45) is 4.57. The molecule has 1 aliphatic heterocycles. The highest BCUT2D eigenvalue weighted by Gasteiger charge is 2.15. The highest BCUT2D eigenvalue weighted by atomic mass is 35.5. The molecule has 0 atom stereocenters. The number of carbonyl (C=O) groups is 1. The molecule has 1 saturated heterocycles. The Morgan fingerprint density at radius 3 is 2.50 bits per heavy atom. The summed E-state index contributed by atoms with van der Waals surface area (Å²) in [4.78, 5) is 13.9. The van der Waals surface area contributed by atoms with Crippen LogP contribution < -0.4 is 11.1 Å². The van der Waals surface area contributed by atoms with E-state index in [0.29, 0.717) is 16.4 Å². The summed E-state index contributed by atoms with van der Waals surface area (Å²) < 4.78 is 0. The highest BCUT2D eigenvalue weighted by Crippen LogP contribution is 2.23. The lowest BCUT2D eigenvalue weighted by Crippen LogP contribution is -2.35. The van der Waals surface area contributed by atoms with Crippen molar-refractivity contribution in [2.24, 2.45) is 0 Å². The average Bonchev–Trinajstić information content (AvgIpc) is 2.62. The molecule has 3 N–H and O–H groups in total. The fourth-order valence-electron chi connectivity index (χ4n) is 2.08. The van der Waals surface area contributed by atoms with Crippen molar-refractivity contribution in [3.05, 3.63) is 23.2 Å². The lowest BCUT2D eigenvalue weighted by molar-refractivity contribution is 0.214. The van der Waals surface area contributed by atoms with Crippen LogP contribution in [0.15, 0.2) is 18.2 Å². The summed E-state index contributed by atoms with van der Waals surface area (Å²) in [6.45, 7) is 1.66. The summed E-state index contributed by atoms with van der Waals surface area (Å²) in [5.41, 5.74) is 6.83. The number of nitrogens with one attached hydrogen (secondary N) is 1. The first kappa shape index (κ1) is 13.0.